The van der Waals surface area contributed by atoms with Gasteiger partial charge >= 0.3 is 5.97 Å². The largest absolute Gasteiger partial charge is 0.463 e. The van der Waals surface area contributed by atoms with Crippen LogP contribution in [0.2, 0.25) is 0 Å². The van der Waals surface area contributed by atoms with Crippen molar-refractivity contribution in [3.8, 4) is 0 Å². The number of aromatic amines is 1. The third-order valence-electron chi connectivity index (χ3n) is 1.59. The monoisotopic (exact) mass is 276 g/mol. The molecule has 0 spiro atoms. The smallest absolute Gasteiger partial charge is 0.374 e. The van der Waals surface area contributed by atoms with E-state index in [2.05, 4.69) is 30.6 Å². The third-order valence-corrected chi connectivity index (χ3v) is 2.41. The van der Waals surface area contributed by atoms with Crippen molar-refractivity contribution >= 4 is 21.9 Å². The number of carbonyl (C=O) groups excluding carboxylic acids is 1. The van der Waals surface area contributed by atoms with Crippen molar-refractivity contribution in [3.05, 3.63) is 26.3 Å². The number of hydrogen-bond donors (Lipinski definition) is 1. The number of ether oxygens (including phenoxy) is 2. The quantitative estimate of drug-likeness (QED) is 0.812. The Hall–Kier alpha value is -1.21. The number of aromatic nitrogens is 2. The van der Waals surface area contributed by atoms with Crippen molar-refractivity contribution in [2.24, 2.45) is 0 Å². The van der Waals surface area contributed by atoms with E-state index < -0.39 is 11.5 Å². The molecule has 0 aliphatic rings. The summed E-state index contributed by atoms with van der Waals surface area (Å²) < 4.78 is 9.52. The molecule has 7 heteroatoms. The number of hydrogen-bond acceptors (Lipinski definition) is 5. The Labute approximate surface area is 93.7 Å². The molecule has 1 aromatic heterocycles. The number of carbonyl (C=O) groups is 1. The lowest BCUT2D eigenvalue weighted by Gasteiger charge is -2.04. The molecule has 1 N–H and O–H groups in total. The first-order chi connectivity index (χ1) is 7.10. The molecule has 0 unspecified atom stereocenters. The summed E-state index contributed by atoms with van der Waals surface area (Å²) in [6.45, 7) is 0.133. The molecule has 82 valence electrons. The van der Waals surface area contributed by atoms with Crippen LogP contribution in [0.5, 0.6) is 0 Å². The van der Waals surface area contributed by atoms with E-state index in [9.17, 15) is 9.59 Å². The molecule has 1 rings (SSSR count). The molecule has 1 aromatic rings. The fraction of sp³-hybridized carbons (Fsp3) is 0.375. The van der Waals surface area contributed by atoms with Crippen LogP contribution < -0.4 is 5.56 Å². The van der Waals surface area contributed by atoms with Crippen LogP contribution in [0.25, 0.3) is 0 Å². The van der Waals surface area contributed by atoms with Gasteiger partial charge in [-0.1, -0.05) is 0 Å². The van der Waals surface area contributed by atoms with E-state index in [0.29, 0.717) is 5.69 Å². The molecule has 0 aliphatic carbocycles. The van der Waals surface area contributed by atoms with Crippen molar-refractivity contribution in [3.63, 3.8) is 0 Å². The first-order valence-electron chi connectivity index (χ1n) is 3.96. The summed E-state index contributed by atoms with van der Waals surface area (Å²) in [6, 6.07) is 0. The van der Waals surface area contributed by atoms with Crippen molar-refractivity contribution in [2.45, 2.75) is 6.61 Å². The molecule has 0 atom stereocenters. The number of halogens is 1. The lowest BCUT2D eigenvalue weighted by molar-refractivity contribution is 0.0585. The topological polar surface area (TPSA) is 81.3 Å². The Balaban J connectivity index is 3.23. The van der Waals surface area contributed by atoms with Gasteiger partial charge in [0.05, 0.1) is 19.4 Å². The van der Waals surface area contributed by atoms with Crippen LogP contribution in [0, 0.1) is 0 Å². The van der Waals surface area contributed by atoms with Crippen molar-refractivity contribution < 1.29 is 14.3 Å². The fourth-order valence-corrected chi connectivity index (χ4v) is 1.23. The molecule has 0 bridgehead atoms. The van der Waals surface area contributed by atoms with E-state index in [1.807, 2.05) is 0 Å². The van der Waals surface area contributed by atoms with E-state index in [0.717, 1.165) is 0 Å². The number of nitrogens with zero attached hydrogens (tertiary/aromatic N) is 1. The lowest BCUT2D eigenvalue weighted by atomic mass is 10.4. The van der Waals surface area contributed by atoms with Gasteiger partial charge in [-0.2, -0.15) is 0 Å². The molecular weight excluding hydrogens is 268 g/mol. The molecule has 1 heterocycles. The van der Waals surface area contributed by atoms with E-state index in [-0.39, 0.29) is 16.9 Å². The second-order valence-electron chi connectivity index (χ2n) is 2.60. The Morgan fingerprint density at radius 1 is 1.53 bits per heavy atom. The average Bonchev–Trinajstić information content (AvgIpc) is 2.23. The molecular formula is C8H9BrN2O4. The maximum atomic E-state index is 11.4. The van der Waals surface area contributed by atoms with E-state index >= 15 is 0 Å². The SMILES string of the molecule is COCc1nc(C(=O)OC)[nH]c(=O)c1Br. The zero-order valence-electron chi connectivity index (χ0n) is 8.17. The summed E-state index contributed by atoms with van der Waals surface area (Å²) in [5, 5.41) is 0. The predicted molar refractivity (Wildman–Crippen MR) is 54.6 cm³/mol. The Bertz CT molecular complexity index is 429. The van der Waals surface area contributed by atoms with Gasteiger partial charge in [-0.05, 0) is 15.9 Å². The molecule has 0 aliphatic heterocycles. The second-order valence-corrected chi connectivity index (χ2v) is 3.39. The number of rotatable bonds is 3. The van der Waals surface area contributed by atoms with Gasteiger partial charge in [0.15, 0.2) is 0 Å². The molecule has 0 radical (unpaired) electrons. The minimum atomic E-state index is -0.697. The molecule has 6 nitrogen and oxygen atoms in total. The van der Waals surface area contributed by atoms with Crippen LogP contribution in [0.3, 0.4) is 0 Å². The van der Waals surface area contributed by atoms with Crippen molar-refractivity contribution in [2.75, 3.05) is 14.2 Å². The van der Waals surface area contributed by atoms with Crippen LogP contribution in [-0.2, 0) is 16.1 Å². The minimum absolute atomic E-state index is 0.133. The Morgan fingerprint density at radius 2 is 2.20 bits per heavy atom. The van der Waals surface area contributed by atoms with Gasteiger partial charge in [0, 0.05) is 7.11 Å². The first kappa shape index (κ1) is 11.9. The fourth-order valence-electron chi connectivity index (χ4n) is 0.931. The summed E-state index contributed by atoms with van der Waals surface area (Å²) in [6.07, 6.45) is 0. The van der Waals surface area contributed by atoms with Crippen LogP contribution in [0.15, 0.2) is 9.27 Å². The zero-order valence-corrected chi connectivity index (χ0v) is 9.75. The summed E-state index contributed by atoms with van der Waals surface area (Å²) >= 11 is 3.05. The van der Waals surface area contributed by atoms with Crippen LogP contribution >= 0.6 is 15.9 Å². The third kappa shape index (κ3) is 2.63. The number of nitrogens with one attached hydrogen (secondary N) is 1. The van der Waals surface area contributed by atoms with Gasteiger partial charge < -0.3 is 9.47 Å². The van der Waals surface area contributed by atoms with Crippen molar-refractivity contribution in [1.82, 2.24) is 9.97 Å². The Morgan fingerprint density at radius 3 is 2.73 bits per heavy atom. The van der Waals surface area contributed by atoms with Gasteiger partial charge in [-0.3, -0.25) is 9.78 Å². The molecule has 0 aromatic carbocycles. The predicted octanol–water partition coefficient (Wildman–Crippen LogP) is 0.465. The normalized spacial score (nSPS) is 10.1. The standard InChI is InChI=1S/C8H9BrN2O4/c1-14-3-4-5(9)7(12)11-6(10-4)8(13)15-2/h3H2,1-2H3,(H,10,11,12). The molecule has 0 saturated heterocycles. The maximum absolute atomic E-state index is 11.4. The molecule has 15 heavy (non-hydrogen) atoms. The van der Waals surface area contributed by atoms with Crippen LogP contribution in [0.1, 0.15) is 16.3 Å². The summed E-state index contributed by atoms with van der Waals surface area (Å²) in [5.41, 5.74) is -0.0981. The summed E-state index contributed by atoms with van der Waals surface area (Å²) in [4.78, 5) is 28.6. The van der Waals surface area contributed by atoms with E-state index in [1.165, 1.54) is 14.2 Å². The highest BCUT2D eigenvalue weighted by molar-refractivity contribution is 9.10. The molecule has 0 amide bonds. The van der Waals surface area contributed by atoms with Gasteiger partial charge in [0.2, 0.25) is 5.82 Å². The highest BCUT2D eigenvalue weighted by Crippen LogP contribution is 2.09. The van der Waals surface area contributed by atoms with Crippen LogP contribution in [-0.4, -0.2) is 30.2 Å². The zero-order chi connectivity index (χ0) is 11.4. The minimum Gasteiger partial charge on any atom is -0.463 e. The van der Waals surface area contributed by atoms with Gasteiger partial charge in [0.25, 0.3) is 5.56 Å². The number of methoxy groups -OCH3 is 2. The van der Waals surface area contributed by atoms with Gasteiger partial charge in [-0.25, -0.2) is 9.78 Å². The van der Waals surface area contributed by atoms with Crippen LogP contribution in [0.4, 0.5) is 0 Å². The highest BCUT2D eigenvalue weighted by Gasteiger charge is 2.14. The average molecular weight is 277 g/mol. The number of H-pyrrole nitrogens is 1. The van der Waals surface area contributed by atoms with Gasteiger partial charge in [0.1, 0.15) is 4.47 Å². The highest BCUT2D eigenvalue weighted by atomic mass is 79.9. The molecule has 0 fully saturated rings. The summed E-state index contributed by atoms with van der Waals surface area (Å²) in [5.74, 6) is -0.838. The van der Waals surface area contributed by atoms with Gasteiger partial charge in [-0.15, -0.1) is 0 Å². The summed E-state index contributed by atoms with van der Waals surface area (Å²) in [7, 11) is 2.67. The van der Waals surface area contributed by atoms with E-state index in [4.69, 9.17) is 4.74 Å². The second kappa shape index (κ2) is 5.04. The molecule has 0 saturated carbocycles. The first-order valence-corrected chi connectivity index (χ1v) is 4.75. The van der Waals surface area contributed by atoms with Crippen molar-refractivity contribution in [1.29, 1.82) is 0 Å². The van der Waals surface area contributed by atoms with E-state index in [1.54, 1.807) is 0 Å². The lowest BCUT2D eigenvalue weighted by Crippen LogP contribution is -2.20. The Kier molecular flexibility index (Phi) is 3.98. The maximum Gasteiger partial charge on any atom is 0.374 e. The number of esters is 1.